The van der Waals surface area contributed by atoms with Gasteiger partial charge in [0.2, 0.25) is 0 Å². The zero-order valence-electron chi connectivity index (χ0n) is 12.3. The monoisotopic (exact) mass is 301 g/mol. The van der Waals surface area contributed by atoms with Crippen molar-refractivity contribution in [3.63, 3.8) is 0 Å². The summed E-state index contributed by atoms with van der Waals surface area (Å²) in [6.07, 6.45) is 6.16. The number of amides is 1. The van der Waals surface area contributed by atoms with Crippen LogP contribution in [-0.4, -0.2) is 43.4 Å². The van der Waals surface area contributed by atoms with E-state index in [0.29, 0.717) is 17.8 Å². The van der Waals surface area contributed by atoms with E-state index in [1.54, 1.807) is 18.2 Å². The van der Waals surface area contributed by atoms with Crippen molar-refractivity contribution >= 4 is 5.91 Å². The average Bonchev–Trinajstić information content (AvgIpc) is 3.08. The molecule has 0 saturated heterocycles. The molecular weight excluding hydrogens is 282 g/mol. The molecule has 7 nitrogen and oxygen atoms in total. The van der Waals surface area contributed by atoms with Crippen molar-refractivity contribution in [3.05, 3.63) is 36.2 Å². The van der Waals surface area contributed by atoms with Crippen molar-refractivity contribution < 1.29 is 9.90 Å². The van der Waals surface area contributed by atoms with Crippen LogP contribution < -0.4 is 5.32 Å². The first-order valence-corrected chi connectivity index (χ1v) is 7.50. The van der Waals surface area contributed by atoms with E-state index in [0.717, 1.165) is 32.1 Å². The van der Waals surface area contributed by atoms with Gasteiger partial charge in [-0.1, -0.05) is 25.3 Å². The average molecular weight is 301 g/mol. The minimum atomic E-state index is -0.763. The number of carbonyl (C=O) groups excluding carboxylic acids is 1. The molecule has 1 aromatic heterocycles. The summed E-state index contributed by atoms with van der Waals surface area (Å²) in [7, 11) is 0. The molecule has 0 radical (unpaired) electrons. The summed E-state index contributed by atoms with van der Waals surface area (Å²) in [5, 5.41) is 24.2. The second kappa shape index (κ2) is 6.23. The van der Waals surface area contributed by atoms with Gasteiger partial charge >= 0.3 is 0 Å². The minimum absolute atomic E-state index is 0.200. The summed E-state index contributed by atoms with van der Waals surface area (Å²) >= 11 is 0. The smallest absolute Gasteiger partial charge is 0.251 e. The van der Waals surface area contributed by atoms with Crippen molar-refractivity contribution in [2.75, 3.05) is 6.54 Å². The molecule has 1 fully saturated rings. The first-order valence-electron chi connectivity index (χ1n) is 7.50. The second-order valence-electron chi connectivity index (χ2n) is 5.77. The van der Waals surface area contributed by atoms with Gasteiger partial charge in [-0.15, -0.1) is 5.10 Å². The van der Waals surface area contributed by atoms with Gasteiger partial charge in [0.05, 0.1) is 11.3 Å². The Hall–Kier alpha value is -2.28. The van der Waals surface area contributed by atoms with E-state index in [1.807, 2.05) is 6.07 Å². The summed E-state index contributed by atoms with van der Waals surface area (Å²) in [5.74, 6) is -0.200. The summed E-state index contributed by atoms with van der Waals surface area (Å²) in [5.41, 5.74) is 0.475. The highest BCUT2D eigenvalue weighted by Crippen LogP contribution is 2.27. The number of aromatic nitrogens is 4. The lowest BCUT2D eigenvalue weighted by atomic mass is 9.85. The van der Waals surface area contributed by atoms with Crippen LogP contribution in [0.4, 0.5) is 0 Å². The van der Waals surface area contributed by atoms with Crippen molar-refractivity contribution in [2.24, 2.45) is 0 Å². The third kappa shape index (κ3) is 3.30. The van der Waals surface area contributed by atoms with Gasteiger partial charge in [0.25, 0.3) is 5.91 Å². The third-order valence-corrected chi connectivity index (χ3v) is 4.08. The molecule has 3 rings (SSSR count). The Labute approximate surface area is 128 Å². The Morgan fingerprint density at radius 2 is 2.14 bits per heavy atom. The van der Waals surface area contributed by atoms with Crippen LogP contribution in [0.3, 0.4) is 0 Å². The fraction of sp³-hybridized carbons (Fsp3) is 0.467. The van der Waals surface area contributed by atoms with Crippen molar-refractivity contribution in [1.82, 2.24) is 25.5 Å². The molecular formula is C15H19N5O2. The number of carbonyl (C=O) groups is 1. The number of hydrogen-bond donors (Lipinski definition) is 2. The van der Waals surface area contributed by atoms with Gasteiger partial charge in [0.1, 0.15) is 6.33 Å². The van der Waals surface area contributed by atoms with Crippen LogP contribution in [0.5, 0.6) is 0 Å². The Bertz CT molecular complexity index is 635. The number of nitrogens with zero attached hydrogens (tertiary/aromatic N) is 4. The first kappa shape index (κ1) is 14.6. The number of benzene rings is 1. The lowest BCUT2D eigenvalue weighted by molar-refractivity contribution is 0.00526. The Morgan fingerprint density at radius 3 is 2.86 bits per heavy atom. The van der Waals surface area contributed by atoms with Gasteiger partial charge in [-0.3, -0.25) is 4.79 Å². The summed E-state index contributed by atoms with van der Waals surface area (Å²) in [4.78, 5) is 12.3. The molecule has 1 aliphatic rings. The number of rotatable bonds is 4. The molecule has 1 saturated carbocycles. The summed E-state index contributed by atoms with van der Waals surface area (Å²) < 4.78 is 1.49. The van der Waals surface area contributed by atoms with E-state index in [4.69, 9.17) is 0 Å². The molecule has 116 valence electrons. The zero-order chi connectivity index (χ0) is 15.4. The maximum Gasteiger partial charge on any atom is 0.251 e. The van der Waals surface area contributed by atoms with E-state index >= 15 is 0 Å². The Balaban J connectivity index is 1.66. The van der Waals surface area contributed by atoms with Gasteiger partial charge in [-0.25, -0.2) is 4.68 Å². The van der Waals surface area contributed by atoms with Crippen LogP contribution in [0, 0.1) is 0 Å². The highest BCUT2D eigenvalue weighted by atomic mass is 16.3. The van der Waals surface area contributed by atoms with Crippen LogP contribution >= 0.6 is 0 Å². The predicted octanol–water partition coefficient (Wildman–Crippen LogP) is 1.09. The van der Waals surface area contributed by atoms with Crippen LogP contribution in [0.15, 0.2) is 30.6 Å². The van der Waals surface area contributed by atoms with E-state index in [-0.39, 0.29) is 5.91 Å². The maximum absolute atomic E-state index is 12.3. The zero-order valence-corrected chi connectivity index (χ0v) is 12.3. The lowest BCUT2D eigenvalue weighted by Crippen LogP contribution is -2.44. The molecule has 0 unspecified atom stereocenters. The van der Waals surface area contributed by atoms with Crippen LogP contribution in [0.25, 0.3) is 5.69 Å². The van der Waals surface area contributed by atoms with Crippen molar-refractivity contribution in [1.29, 1.82) is 0 Å². The predicted molar refractivity (Wildman–Crippen MR) is 79.5 cm³/mol. The highest BCUT2D eigenvalue weighted by molar-refractivity contribution is 5.94. The summed E-state index contributed by atoms with van der Waals surface area (Å²) in [6, 6.07) is 7.05. The van der Waals surface area contributed by atoms with E-state index in [2.05, 4.69) is 20.8 Å². The highest BCUT2D eigenvalue weighted by Gasteiger charge is 2.29. The molecule has 1 aliphatic carbocycles. The molecule has 2 aromatic rings. The minimum Gasteiger partial charge on any atom is -0.388 e. The van der Waals surface area contributed by atoms with Crippen LogP contribution in [-0.2, 0) is 0 Å². The molecule has 0 spiro atoms. The number of hydrogen-bond acceptors (Lipinski definition) is 5. The first-order chi connectivity index (χ1) is 10.7. The standard InChI is InChI=1S/C15H19N5O2/c21-14(16-10-15(22)7-2-1-3-8-15)12-5-4-6-13(9-12)20-11-17-18-19-20/h4-6,9,11,22H,1-3,7-8,10H2,(H,16,21). The molecule has 1 heterocycles. The van der Waals surface area contributed by atoms with E-state index < -0.39 is 5.60 Å². The summed E-state index contributed by atoms with van der Waals surface area (Å²) in [6.45, 7) is 0.293. The number of aliphatic hydroxyl groups is 1. The topological polar surface area (TPSA) is 92.9 Å². The number of tetrazole rings is 1. The molecule has 22 heavy (non-hydrogen) atoms. The fourth-order valence-electron chi connectivity index (χ4n) is 2.80. The Morgan fingerprint density at radius 1 is 1.32 bits per heavy atom. The van der Waals surface area contributed by atoms with Gasteiger partial charge < -0.3 is 10.4 Å². The normalized spacial score (nSPS) is 17.1. The van der Waals surface area contributed by atoms with Gasteiger partial charge in [-0.2, -0.15) is 0 Å². The van der Waals surface area contributed by atoms with Gasteiger partial charge in [0, 0.05) is 12.1 Å². The lowest BCUT2D eigenvalue weighted by Gasteiger charge is -2.32. The van der Waals surface area contributed by atoms with Crippen molar-refractivity contribution in [3.8, 4) is 5.69 Å². The van der Waals surface area contributed by atoms with E-state index in [1.165, 1.54) is 11.0 Å². The van der Waals surface area contributed by atoms with Gasteiger partial charge in [0.15, 0.2) is 0 Å². The van der Waals surface area contributed by atoms with Crippen LogP contribution in [0.2, 0.25) is 0 Å². The molecule has 0 bridgehead atoms. The van der Waals surface area contributed by atoms with Gasteiger partial charge in [-0.05, 0) is 41.5 Å². The molecule has 7 heteroatoms. The molecule has 0 aliphatic heterocycles. The largest absolute Gasteiger partial charge is 0.388 e. The van der Waals surface area contributed by atoms with Crippen LogP contribution in [0.1, 0.15) is 42.5 Å². The third-order valence-electron chi connectivity index (χ3n) is 4.08. The SMILES string of the molecule is O=C(NCC1(O)CCCCC1)c1cccc(-n2cnnn2)c1. The molecule has 0 atom stereocenters. The quantitative estimate of drug-likeness (QED) is 0.881. The molecule has 2 N–H and O–H groups in total. The Kier molecular flexibility index (Phi) is 4.15. The second-order valence-corrected chi connectivity index (χ2v) is 5.77. The number of nitrogens with one attached hydrogen (secondary N) is 1. The molecule has 1 aromatic carbocycles. The van der Waals surface area contributed by atoms with E-state index in [9.17, 15) is 9.90 Å². The maximum atomic E-state index is 12.3. The fourth-order valence-corrected chi connectivity index (χ4v) is 2.80. The van der Waals surface area contributed by atoms with Crippen molar-refractivity contribution in [2.45, 2.75) is 37.7 Å². The molecule has 1 amide bonds.